The van der Waals surface area contributed by atoms with Crippen LogP contribution in [0.3, 0.4) is 0 Å². The Morgan fingerprint density at radius 1 is 1.30 bits per heavy atom. The largest absolute Gasteiger partial charge is 0.497 e. The zero-order valence-corrected chi connectivity index (χ0v) is 18.2. The molecule has 1 N–H and O–H groups in total. The van der Waals surface area contributed by atoms with E-state index in [0.29, 0.717) is 6.54 Å². The number of ether oxygens (including phenoxy) is 1. The number of likely N-dealkylation sites (N-methyl/N-ethyl adjacent to an activating group) is 1. The van der Waals surface area contributed by atoms with Crippen molar-refractivity contribution < 1.29 is 9.53 Å². The molecule has 3 unspecified atom stereocenters. The monoisotopic (exact) mass is 434 g/mol. The first kappa shape index (κ1) is 19.3. The van der Waals surface area contributed by atoms with Crippen LogP contribution >= 0.6 is 15.9 Å². The van der Waals surface area contributed by atoms with E-state index in [2.05, 4.69) is 52.4 Å². The van der Waals surface area contributed by atoms with Gasteiger partial charge in [0.15, 0.2) is 0 Å². The van der Waals surface area contributed by atoms with Gasteiger partial charge in [-0.3, -0.25) is 4.79 Å². The van der Waals surface area contributed by atoms with Crippen molar-refractivity contribution in [1.82, 2.24) is 10.2 Å². The van der Waals surface area contributed by atoms with Gasteiger partial charge in [-0.05, 0) is 82.2 Å². The normalized spacial score (nSPS) is 35.3. The van der Waals surface area contributed by atoms with Gasteiger partial charge in [0.1, 0.15) is 5.75 Å². The number of carbonyl (C=O) groups excluding carboxylic acids is 1. The maximum atomic E-state index is 13.3. The molecule has 4 bridgehead atoms. The molecule has 0 spiro atoms. The summed E-state index contributed by atoms with van der Waals surface area (Å²) in [7, 11) is 5.82. The van der Waals surface area contributed by atoms with E-state index in [-0.39, 0.29) is 21.7 Å². The van der Waals surface area contributed by atoms with Crippen molar-refractivity contribution in [2.24, 2.45) is 17.3 Å². The highest BCUT2D eigenvalue weighted by Gasteiger charge is 2.59. The number of halogens is 1. The summed E-state index contributed by atoms with van der Waals surface area (Å²) >= 11 is 4.01. The molecule has 1 amide bonds. The van der Waals surface area contributed by atoms with Crippen LogP contribution in [0.15, 0.2) is 24.3 Å². The minimum absolute atomic E-state index is 0.135. The number of nitrogens with zero attached hydrogens (tertiary/aromatic N) is 1. The molecular weight excluding hydrogens is 404 g/mol. The van der Waals surface area contributed by atoms with E-state index in [1.54, 1.807) is 7.11 Å². The van der Waals surface area contributed by atoms with Crippen molar-refractivity contribution in [1.29, 1.82) is 0 Å². The summed E-state index contributed by atoms with van der Waals surface area (Å²) in [6, 6.07) is 8.28. The van der Waals surface area contributed by atoms with Gasteiger partial charge < -0.3 is 15.0 Å². The number of alkyl halides is 1. The summed E-state index contributed by atoms with van der Waals surface area (Å²) in [6.45, 7) is 0.630. The SMILES string of the molecule is COc1cccc(C(CNC(=O)C23CC4CC(CC(Br)(C4)C2)C3)N(C)C)c1. The molecule has 0 aliphatic heterocycles. The molecule has 1 aromatic carbocycles. The van der Waals surface area contributed by atoms with Crippen LogP contribution in [0.1, 0.15) is 50.1 Å². The molecule has 5 rings (SSSR count). The Morgan fingerprint density at radius 2 is 2.00 bits per heavy atom. The van der Waals surface area contributed by atoms with Gasteiger partial charge in [0.25, 0.3) is 0 Å². The smallest absolute Gasteiger partial charge is 0.226 e. The summed E-state index contributed by atoms with van der Waals surface area (Å²) in [4.78, 5) is 15.5. The second kappa shape index (κ2) is 7.07. The molecule has 0 heterocycles. The van der Waals surface area contributed by atoms with Crippen molar-refractivity contribution in [2.45, 2.75) is 48.9 Å². The van der Waals surface area contributed by atoms with E-state index in [9.17, 15) is 4.79 Å². The minimum Gasteiger partial charge on any atom is -0.497 e. The first-order valence-electron chi connectivity index (χ1n) is 10.1. The second-order valence-corrected chi connectivity index (χ2v) is 11.0. The summed E-state index contributed by atoms with van der Waals surface area (Å²) in [5.74, 6) is 2.57. The van der Waals surface area contributed by atoms with Crippen LogP contribution in [-0.4, -0.2) is 42.9 Å². The molecule has 4 saturated carbocycles. The second-order valence-electron chi connectivity index (χ2n) is 9.36. The molecule has 4 aliphatic carbocycles. The molecule has 4 nitrogen and oxygen atoms in total. The lowest BCUT2D eigenvalue weighted by molar-refractivity contribution is -0.144. The summed E-state index contributed by atoms with van der Waals surface area (Å²) in [5, 5.41) is 3.33. The van der Waals surface area contributed by atoms with Gasteiger partial charge in [-0.2, -0.15) is 0 Å². The van der Waals surface area contributed by atoms with E-state index in [4.69, 9.17) is 4.74 Å². The molecular formula is C22H31BrN2O2. The maximum Gasteiger partial charge on any atom is 0.226 e. The first-order valence-corrected chi connectivity index (χ1v) is 10.9. The fraction of sp³-hybridized carbons (Fsp3) is 0.682. The van der Waals surface area contributed by atoms with Gasteiger partial charge in [-0.1, -0.05) is 28.1 Å². The standard InChI is InChI=1S/C22H31BrN2O2/c1-25(2)19(17-5-4-6-18(8-17)27-3)13-24-20(26)21-9-15-7-16(10-21)12-22(23,11-15)14-21/h4-6,8,15-16,19H,7,9-14H2,1-3H3,(H,24,26). The lowest BCUT2D eigenvalue weighted by Crippen LogP contribution is -2.58. The van der Waals surface area contributed by atoms with Crippen molar-refractivity contribution in [3.63, 3.8) is 0 Å². The molecule has 148 valence electrons. The fourth-order valence-electron chi connectivity index (χ4n) is 6.24. The fourth-order valence-corrected chi connectivity index (χ4v) is 7.69. The quantitative estimate of drug-likeness (QED) is 0.683. The third-order valence-electron chi connectivity index (χ3n) is 7.03. The van der Waals surface area contributed by atoms with Crippen LogP contribution in [0.2, 0.25) is 0 Å². The zero-order valence-electron chi connectivity index (χ0n) is 16.6. The Balaban J connectivity index is 1.47. The van der Waals surface area contributed by atoms with Crippen molar-refractivity contribution in [3.05, 3.63) is 29.8 Å². The Hall–Kier alpha value is -1.07. The number of hydrogen-bond acceptors (Lipinski definition) is 3. The van der Waals surface area contributed by atoms with E-state index in [0.717, 1.165) is 36.8 Å². The van der Waals surface area contributed by atoms with Gasteiger partial charge in [-0.15, -0.1) is 0 Å². The van der Waals surface area contributed by atoms with Crippen molar-refractivity contribution >= 4 is 21.8 Å². The lowest BCUT2D eigenvalue weighted by Gasteiger charge is -2.59. The third kappa shape index (κ3) is 3.65. The predicted molar refractivity (Wildman–Crippen MR) is 111 cm³/mol. The number of carbonyl (C=O) groups is 1. The topological polar surface area (TPSA) is 41.6 Å². The molecule has 1 aromatic rings. The van der Waals surface area contributed by atoms with Gasteiger partial charge >= 0.3 is 0 Å². The molecule has 4 aliphatic rings. The molecule has 3 atom stereocenters. The van der Waals surface area contributed by atoms with Gasteiger partial charge in [0.05, 0.1) is 18.6 Å². The molecule has 4 fully saturated rings. The Labute approximate surface area is 171 Å². The van der Waals surface area contributed by atoms with Crippen LogP contribution < -0.4 is 10.1 Å². The van der Waals surface area contributed by atoms with E-state index in [1.165, 1.54) is 24.8 Å². The highest BCUT2D eigenvalue weighted by molar-refractivity contribution is 9.10. The zero-order chi connectivity index (χ0) is 19.2. The third-order valence-corrected chi connectivity index (χ3v) is 7.96. The van der Waals surface area contributed by atoms with Gasteiger partial charge in [0.2, 0.25) is 5.91 Å². The molecule has 0 saturated heterocycles. The molecule has 0 radical (unpaired) electrons. The van der Waals surface area contributed by atoms with Crippen molar-refractivity contribution in [3.8, 4) is 5.75 Å². The highest BCUT2D eigenvalue weighted by Crippen LogP contribution is 2.64. The van der Waals surface area contributed by atoms with Crippen LogP contribution in [0.5, 0.6) is 5.75 Å². The van der Waals surface area contributed by atoms with E-state index >= 15 is 0 Å². The maximum absolute atomic E-state index is 13.3. The lowest BCUT2D eigenvalue weighted by atomic mass is 9.49. The molecule has 0 aromatic heterocycles. The van der Waals surface area contributed by atoms with Gasteiger partial charge in [-0.25, -0.2) is 0 Å². The average molecular weight is 435 g/mol. The van der Waals surface area contributed by atoms with Crippen LogP contribution in [-0.2, 0) is 4.79 Å². The van der Waals surface area contributed by atoms with E-state index < -0.39 is 0 Å². The Morgan fingerprint density at radius 3 is 2.59 bits per heavy atom. The number of hydrogen-bond donors (Lipinski definition) is 1. The van der Waals surface area contributed by atoms with Crippen LogP contribution in [0, 0.1) is 17.3 Å². The summed E-state index contributed by atoms with van der Waals surface area (Å²) < 4.78 is 5.59. The van der Waals surface area contributed by atoms with Crippen LogP contribution in [0.4, 0.5) is 0 Å². The average Bonchev–Trinajstić information content (AvgIpc) is 2.59. The molecule has 27 heavy (non-hydrogen) atoms. The number of methoxy groups -OCH3 is 1. The van der Waals surface area contributed by atoms with Crippen molar-refractivity contribution in [2.75, 3.05) is 27.7 Å². The summed E-state index contributed by atoms with van der Waals surface area (Å²) in [6.07, 6.45) is 6.99. The minimum atomic E-state index is -0.154. The number of benzene rings is 1. The van der Waals surface area contributed by atoms with Gasteiger partial charge in [0, 0.05) is 10.9 Å². The number of nitrogens with one attached hydrogen (secondary N) is 1. The number of amides is 1. The number of rotatable bonds is 6. The predicted octanol–water partition coefficient (Wildman–Crippen LogP) is 4.15. The summed E-state index contributed by atoms with van der Waals surface area (Å²) in [5.41, 5.74) is 1.01. The Kier molecular flexibility index (Phi) is 5.04. The molecule has 5 heteroatoms. The Bertz CT molecular complexity index is 706. The first-order chi connectivity index (χ1) is 12.8. The van der Waals surface area contributed by atoms with Crippen LogP contribution in [0.25, 0.3) is 0 Å². The highest BCUT2D eigenvalue weighted by atomic mass is 79.9. The van der Waals surface area contributed by atoms with E-state index in [1.807, 2.05) is 12.1 Å².